The predicted octanol–water partition coefficient (Wildman–Crippen LogP) is 5.45. The van der Waals surface area contributed by atoms with Crippen LogP contribution in [0.15, 0.2) is 12.1 Å². The summed E-state index contributed by atoms with van der Waals surface area (Å²) in [5.74, 6) is -0.552. The van der Waals surface area contributed by atoms with Crippen molar-refractivity contribution in [2.75, 3.05) is 0 Å². The van der Waals surface area contributed by atoms with Gasteiger partial charge in [0.05, 0.1) is 5.41 Å². The summed E-state index contributed by atoms with van der Waals surface area (Å²) in [6.07, 6.45) is 4.20. The number of benzene rings is 1. The number of carbonyl (C=O) groups is 2. The van der Waals surface area contributed by atoms with Gasteiger partial charge in [0.2, 0.25) is 0 Å². The molecule has 0 heterocycles. The van der Waals surface area contributed by atoms with Crippen LogP contribution in [0, 0.1) is 26.2 Å². The molecule has 0 bridgehead atoms. The molecular formula is C20H32O4P+. The van der Waals surface area contributed by atoms with Crippen molar-refractivity contribution in [3.8, 4) is 0 Å². The Balaban J connectivity index is 0.00000277. The highest BCUT2D eigenvalue weighted by atomic mass is 31.0. The second-order valence-corrected chi connectivity index (χ2v) is 7.02. The molecule has 0 aliphatic carbocycles. The Morgan fingerprint density at radius 1 is 1.04 bits per heavy atom. The number of hydrogen-bond donors (Lipinski definition) is 1. The molecule has 140 valence electrons. The summed E-state index contributed by atoms with van der Waals surface area (Å²) in [4.78, 5) is 23.9. The smallest absolute Gasteiger partial charge is 0.310 e. The number of ketones is 1. The Kier molecular flexibility index (Phi) is 10.5. The third kappa shape index (κ3) is 7.07. The summed E-state index contributed by atoms with van der Waals surface area (Å²) in [5, 5.41) is 9.38. The van der Waals surface area contributed by atoms with Gasteiger partial charge in [-0.05, 0) is 58.1 Å². The van der Waals surface area contributed by atoms with Crippen LogP contribution < -0.4 is 0 Å². The number of hydrogen-bond acceptors (Lipinski definition) is 3. The van der Waals surface area contributed by atoms with E-state index in [2.05, 4.69) is 0 Å². The van der Waals surface area contributed by atoms with Gasteiger partial charge in [0.25, 0.3) is 0 Å². The average molecular weight is 367 g/mol. The number of aliphatic carboxylic acids is 1. The number of carboxylic acids is 1. The van der Waals surface area contributed by atoms with Crippen molar-refractivity contribution in [1.29, 1.82) is 0 Å². The Bertz CT molecular complexity index is 574. The summed E-state index contributed by atoms with van der Waals surface area (Å²) < 4.78 is 8.17. The lowest BCUT2D eigenvalue weighted by molar-refractivity contribution is -0.148. The number of aryl methyl sites for hydroxylation is 3. The van der Waals surface area contributed by atoms with Gasteiger partial charge < -0.3 is 5.11 Å². The molecule has 25 heavy (non-hydrogen) atoms. The molecule has 5 heteroatoms. The molecule has 0 spiro atoms. The number of Topliss-reactive ketones (excluding diaryl/α,β-unsaturated/α-hetero) is 1. The van der Waals surface area contributed by atoms with Gasteiger partial charge >= 0.3 is 15.1 Å². The van der Waals surface area contributed by atoms with Crippen molar-refractivity contribution in [2.45, 2.75) is 73.1 Å². The number of carboxylic acid groups (broad SMARTS) is 1. The highest BCUT2D eigenvalue weighted by Crippen LogP contribution is 2.30. The molecule has 1 rings (SSSR count). The van der Waals surface area contributed by atoms with Crippen LogP contribution in [0.4, 0.5) is 0 Å². The van der Waals surface area contributed by atoms with E-state index in [1.54, 1.807) is 0 Å². The number of rotatable bonds is 9. The van der Waals surface area contributed by atoms with Crippen molar-refractivity contribution < 1.29 is 19.3 Å². The topological polar surface area (TPSA) is 71.4 Å². The first-order valence-electron chi connectivity index (χ1n) is 8.79. The summed E-state index contributed by atoms with van der Waals surface area (Å²) in [6.45, 7) is 9.82. The first-order valence-corrected chi connectivity index (χ1v) is 9.26. The van der Waals surface area contributed by atoms with Gasteiger partial charge in [-0.3, -0.25) is 9.59 Å². The van der Waals surface area contributed by atoms with Gasteiger partial charge in [-0.2, -0.15) is 0 Å². The fourth-order valence-electron chi connectivity index (χ4n) is 3.44. The fraction of sp³-hybridized carbons (Fsp3) is 0.600. The molecule has 1 aromatic carbocycles. The largest absolute Gasteiger partial charge is 0.481 e. The molecule has 1 N–H and O–H groups in total. The summed E-state index contributed by atoms with van der Waals surface area (Å²) in [5.41, 5.74) is 3.43. The van der Waals surface area contributed by atoms with Crippen LogP contribution >= 0.6 is 9.12 Å². The van der Waals surface area contributed by atoms with E-state index in [-0.39, 0.29) is 5.78 Å². The molecule has 0 amide bonds. The zero-order chi connectivity index (χ0) is 19.6. The normalized spacial score (nSPS) is 12.7. The highest BCUT2D eigenvalue weighted by Gasteiger charge is 2.31. The third-order valence-electron chi connectivity index (χ3n) is 4.66. The second-order valence-electron chi connectivity index (χ2n) is 7.02. The standard InChI is InChI=1S/C20H30O3.H2OP/c1-6-10-20(5,19(22)23)11-8-7-9-17(21)18-15(3)12-14(2)13-16(18)4;1-2/h12-13H,6-11H2,1-5H3,(H,22,23);2H2/q;+1. The van der Waals surface area contributed by atoms with Crippen molar-refractivity contribution in [2.24, 2.45) is 5.41 Å². The zero-order valence-corrected chi connectivity index (χ0v) is 17.3. The Morgan fingerprint density at radius 2 is 1.56 bits per heavy atom. The SMILES string of the molecule is CCCC(C)(CCCCC(=O)c1c(C)cc(C)cc1C)C(=O)O.O=[PH2+]. The first-order chi connectivity index (χ1) is 11.7. The maximum Gasteiger partial charge on any atom is 0.310 e. The molecule has 0 saturated heterocycles. The van der Waals surface area contributed by atoms with E-state index in [1.807, 2.05) is 46.8 Å². The maximum absolute atomic E-state index is 12.5. The molecule has 0 radical (unpaired) electrons. The van der Waals surface area contributed by atoms with Crippen LogP contribution in [-0.4, -0.2) is 16.9 Å². The Morgan fingerprint density at radius 3 is 2.00 bits per heavy atom. The van der Waals surface area contributed by atoms with Crippen molar-refractivity contribution in [3.05, 3.63) is 34.4 Å². The van der Waals surface area contributed by atoms with Crippen LogP contribution in [-0.2, 0) is 9.36 Å². The van der Waals surface area contributed by atoms with Crippen LogP contribution in [0.2, 0.25) is 0 Å². The van der Waals surface area contributed by atoms with Crippen molar-refractivity contribution >= 4 is 20.9 Å². The van der Waals surface area contributed by atoms with Gasteiger partial charge in [-0.1, -0.05) is 42.0 Å². The predicted molar refractivity (Wildman–Crippen MR) is 104 cm³/mol. The lowest BCUT2D eigenvalue weighted by atomic mass is 9.80. The Labute approximate surface area is 153 Å². The molecule has 2 unspecified atom stereocenters. The zero-order valence-electron chi connectivity index (χ0n) is 16.1. The monoisotopic (exact) mass is 367 g/mol. The van der Waals surface area contributed by atoms with E-state index < -0.39 is 11.4 Å². The average Bonchev–Trinajstić information content (AvgIpc) is 2.52. The lowest BCUT2D eigenvalue weighted by Gasteiger charge is -2.24. The van der Waals surface area contributed by atoms with E-state index >= 15 is 0 Å². The van der Waals surface area contributed by atoms with Crippen LogP contribution in [0.25, 0.3) is 0 Å². The highest BCUT2D eigenvalue weighted by molar-refractivity contribution is 7.00. The van der Waals surface area contributed by atoms with E-state index in [0.717, 1.165) is 36.0 Å². The maximum atomic E-state index is 12.5. The minimum Gasteiger partial charge on any atom is -0.481 e. The number of carbonyl (C=O) groups excluding carboxylic acids is 1. The first kappa shape index (κ1) is 23.5. The van der Waals surface area contributed by atoms with Crippen molar-refractivity contribution in [3.63, 3.8) is 0 Å². The van der Waals surface area contributed by atoms with E-state index in [0.29, 0.717) is 19.3 Å². The van der Waals surface area contributed by atoms with Gasteiger partial charge in [-0.15, -0.1) is 0 Å². The summed E-state index contributed by atoms with van der Waals surface area (Å²) in [7, 11) is 1.17. The molecule has 0 fully saturated rings. The lowest BCUT2D eigenvalue weighted by Crippen LogP contribution is -2.27. The van der Waals surface area contributed by atoms with Gasteiger partial charge in [0.1, 0.15) is 0 Å². The van der Waals surface area contributed by atoms with E-state index in [9.17, 15) is 14.7 Å². The quantitative estimate of drug-likeness (QED) is 0.358. The summed E-state index contributed by atoms with van der Waals surface area (Å²) >= 11 is 0. The molecule has 2 atom stereocenters. The molecule has 0 aromatic heterocycles. The third-order valence-corrected chi connectivity index (χ3v) is 4.66. The minimum absolute atomic E-state index is 0.174. The molecule has 0 aliphatic rings. The number of unbranched alkanes of at least 4 members (excludes halogenated alkanes) is 1. The van der Waals surface area contributed by atoms with E-state index in [1.165, 1.54) is 14.7 Å². The van der Waals surface area contributed by atoms with Gasteiger partial charge in [0, 0.05) is 12.0 Å². The molecule has 4 nitrogen and oxygen atoms in total. The molecular weight excluding hydrogens is 335 g/mol. The minimum atomic E-state index is -0.726. The fourth-order valence-corrected chi connectivity index (χ4v) is 3.44. The molecule has 1 aromatic rings. The van der Waals surface area contributed by atoms with Crippen LogP contribution in [0.1, 0.15) is 79.4 Å². The second kappa shape index (κ2) is 11.1. The summed E-state index contributed by atoms with van der Waals surface area (Å²) in [6, 6.07) is 4.09. The van der Waals surface area contributed by atoms with Crippen LogP contribution in [0.5, 0.6) is 0 Å². The molecule has 0 aliphatic heterocycles. The van der Waals surface area contributed by atoms with Crippen molar-refractivity contribution in [1.82, 2.24) is 0 Å². The van der Waals surface area contributed by atoms with Gasteiger partial charge in [0.15, 0.2) is 5.78 Å². The van der Waals surface area contributed by atoms with E-state index in [4.69, 9.17) is 4.57 Å². The Hall–Kier alpha value is -1.54. The van der Waals surface area contributed by atoms with Gasteiger partial charge in [-0.25, -0.2) is 0 Å². The van der Waals surface area contributed by atoms with Crippen LogP contribution in [0.3, 0.4) is 0 Å². The molecule has 0 saturated carbocycles.